The van der Waals surface area contributed by atoms with Crippen LogP contribution >= 0.6 is 0 Å². The van der Waals surface area contributed by atoms with Gasteiger partial charge in [-0.1, -0.05) is 0 Å². The zero-order chi connectivity index (χ0) is 17.4. The zero-order valence-electron chi connectivity index (χ0n) is 12.6. The van der Waals surface area contributed by atoms with Crippen LogP contribution in [0.5, 0.6) is 0 Å². The van der Waals surface area contributed by atoms with Crippen molar-refractivity contribution in [2.24, 2.45) is 5.73 Å². The van der Waals surface area contributed by atoms with Gasteiger partial charge in [0.1, 0.15) is 0 Å². The number of hydrogen-bond acceptors (Lipinski definition) is 4. The lowest BCUT2D eigenvalue weighted by molar-refractivity contribution is -0.127. The highest BCUT2D eigenvalue weighted by Gasteiger charge is 2.54. The Balaban J connectivity index is 1.89. The SMILES string of the molecule is CN1C(=O)CC(F)(F)c2c1ccc1c2C[C@H]2[C@H](C(N)=O)OC(=O)N12. The predicted octanol–water partition coefficient (Wildman–Crippen LogP) is 0.880. The van der Waals surface area contributed by atoms with Crippen LogP contribution < -0.4 is 15.5 Å². The summed E-state index contributed by atoms with van der Waals surface area (Å²) < 4.78 is 34.0. The van der Waals surface area contributed by atoms with Crippen LogP contribution in [0.3, 0.4) is 0 Å². The molecule has 1 aromatic carbocycles. The third-order valence-electron chi connectivity index (χ3n) is 4.80. The van der Waals surface area contributed by atoms with E-state index in [2.05, 4.69) is 0 Å². The van der Waals surface area contributed by atoms with E-state index in [0.29, 0.717) is 0 Å². The van der Waals surface area contributed by atoms with E-state index < -0.39 is 42.4 Å². The van der Waals surface area contributed by atoms with Gasteiger partial charge in [-0.05, 0) is 17.7 Å². The molecule has 7 nitrogen and oxygen atoms in total. The molecule has 2 N–H and O–H groups in total. The fourth-order valence-corrected chi connectivity index (χ4v) is 3.72. The molecule has 3 aliphatic rings. The summed E-state index contributed by atoms with van der Waals surface area (Å²) in [5, 5.41) is 0. The third-order valence-corrected chi connectivity index (χ3v) is 4.80. The maximum absolute atomic E-state index is 14.5. The van der Waals surface area contributed by atoms with Gasteiger partial charge in [0, 0.05) is 13.5 Å². The number of benzene rings is 1. The van der Waals surface area contributed by atoms with Crippen LogP contribution in [-0.2, 0) is 26.7 Å². The first-order valence-corrected chi connectivity index (χ1v) is 7.32. The molecule has 1 fully saturated rings. The molecule has 1 aromatic rings. The summed E-state index contributed by atoms with van der Waals surface area (Å²) in [6.45, 7) is 0. The molecule has 3 aliphatic heterocycles. The highest BCUT2D eigenvalue weighted by atomic mass is 19.3. The number of hydrogen-bond donors (Lipinski definition) is 1. The Morgan fingerprint density at radius 3 is 2.67 bits per heavy atom. The van der Waals surface area contributed by atoms with Crippen molar-refractivity contribution < 1.29 is 27.9 Å². The average Bonchev–Trinajstić information content (AvgIpc) is 3.01. The van der Waals surface area contributed by atoms with Crippen molar-refractivity contribution in [1.29, 1.82) is 0 Å². The lowest BCUT2D eigenvalue weighted by Crippen LogP contribution is -2.41. The Morgan fingerprint density at radius 2 is 2.00 bits per heavy atom. The van der Waals surface area contributed by atoms with Crippen LogP contribution in [0.1, 0.15) is 17.5 Å². The number of nitrogens with two attached hydrogens (primary N) is 1. The summed E-state index contributed by atoms with van der Waals surface area (Å²) in [6.07, 6.45) is -2.88. The van der Waals surface area contributed by atoms with Crippen molar-refractivity contribution in [1.82, 2.24) is 0 Å². The number of alkyl halides is 2. The summed E-state index contributed by atoms with van der Waals surface area (Å²) in [4.78, 5) is 37.6. The molecule has 1 saturated heterocycles. The van der Waals surface area contributed by atoms with Crippen molar-refractivity contribution in [3.05, 3.63) is 23.3 Å². The molecule has 24 heavy (non-hydrogen) atoms. The molecule has 0 bridgehead atoms. The number of cyclic esters (lactones) is 1. The molecule has 0 spiro atoms. The molecule has 0 unspecified atom stereocenters. The first-order valence-electron chi connectivity index (χ1n) is 7.32. The van der Waals surface area contributed by atoms with Crippen LogP contribution in [0.4, 0.5) is 25.0 Å². The molecule has 2 atom stereocenters. The number of carbonyl (C=O) groups is 3. The van der Waals surface area contributed by atoms with Gasteiger partial charge in [0.15, 0.2) is 0 Å². The van der Waals surface area contributed by atoms with Crippen molar-refractivity contribution in [2.45, 2.75) is 30.9 Å². The van der Waals surface area contributed by atoms with E-state index >= 15 is 0 Å². The first kappa shape index (κ1) is 14.9. The Morgan fingerprint density at radius 1 is 1.33 bits per heavy atom. The molecule has 0 radical (unpaired) electrons. The number of amides is 3. The average molecular weight is 337 g/mol. The van der Waals surface area contributed by atoms with Crippen molar-refractivity contribution in [3.63, 3.8) is 0 Å². The second kappa shape index (κ2) is 4.43. The maximum atomic E-state index is 14.5. The predicted molar refractivity (Wildman–Crippen MR) is 77.8 cm³/mol. The summed E-state index contributed by atoms with van der Waals surface area (Å²) >= 11 is 0. The highest BCUT2D eigenvalue weighted by molar-refractivity contribution is 6.02. The third kappa shape index (κ3) is 1.72. The van der Waals surface area contributed by atoms with Gasteiger partial charge in [0.05, 0.1) is 29.4 Å². The van der Waals surface area contributed by atoms with E-state index in [4.69, 9.17) is 10.5 Å². The van der Waals surface area contributed by atoms with E-state index in [9.17, 15) is 23.2 Å². The number of fused-ring (bicyclic) bond motifs is 5. The number of ether oxygens (including phenoxy) is 1. The second-order valence-corrected chi connectivity index (χ2v) is 6.14. The number of halogens is 2. The van der Waals surface area contributed by atoms with E-state index in [1.165, 1.54) is 29.0 Å². The van der Waals surface area contributed by atoms with E-state index in [1.807, 2.05) is 0 Å². The molecule has 126 valence electrons. The Kier molecular flexibility index (Phi) is 2.74. The smallest absolute Gasteiger partial charge is 0.415 e. The van der Waals surface area contributed by atoms with Gasteiger partial charge in [0.25, 0.3) is 11.8 Å². The number of primary amides is 1. The van der Waals surface area contributed by atoms with E-state index in [-0.39, 0.29) is 28.9 Å². The Labute approximate surface area is 134 Å². The van der Waals surface area contributed by atoms with Gasteiger partial charge < -0.3 is 15.4 Å². The van der Waals surface area contributed by atoms with Crippen molar-refractivity contribution >= 4 is 29.3 Å². The monoisotopic (exact) mass is 337 g/mol. The largest absolute Gasteiger partial charge is 0.433 e. The van der Waals surface area contributed by atoms with Crippen LogP contribution in [0.2, 0.25) is 0 Å². The maximum Gasteiger partial charge on any atom is 0.415 e. The minimum absolute atomic E-state index is 0.0233. The van der Waals surface area contributed by atoms with Gasteiger partial charge >= 0.3 is 6.09 Å². The minimum Gasteiger partial charge on any atom is -0.433 e. The number of carbonyl (C=O) groups excluding carboxylic acids is 3. The lowest BCUT2D eigenvalue weighted by atomic mass is 9.90. The standard InChI is InChI=1S/C15H13F2N3O4/c1-19-8-3-2-7-6(11(8)15(16,17)5-10(19)21)4-9-12(13(18)22)24-14(23)20(7)9/h2-3,9,12H,4-5H2,1H3,(H2,18,22)/t9-,12+/m0/s1. The molecule has 4 rings (SSSR count). The quantitative estimate of drug-likeness (QED) is 0.823. The highest BCUT2D eigenvalue weighted by Crippen LogP contribution is 2.51. The van der Waals surface area contributed by atoms with E-state index in [0.717, 1.165) is 0 Å². The normalized spacial score (nSPS) is 26.8. The minimum atomic E-state index is -3.34. The van der Waals surface area contributed by atoms with Crippen LogP contribution in [-0.4, -0.2) is 37.1 Å². The van der Waals surface area contributed by atoms with Crippen molar-refractivity contribution in [2.75, 3.05) is 16.8 Å². The fraction of sp³-hybridized carbons (Fsp3) is 0.400. The zero-order valence-corrected chi connectivity index (χ0v) is 12.6. The topological polar surface area (TPSA) is 92.9 Å². The summed E-state index contributed by atoms with van der Waals surface area (Å²) in [5.41, 5.74) is 5.61. The van der Waals surface area contributed by atoms with Crippen LogP contribution in [0.15, 0.2) is 12.1 Å². The summed E-state index contributed by atoms with van der Waals surface area (Å²) in [7, 11) is 1.43. The van der Waals surface area contributed by atoms with Crippen LogP contribution in [0, 0.1) is 0 Å². The molecule has 0 saturated carbocycles. The van der Waals surface area contributed by atoms with Gasteiger partial charge in [-0.2, -0.15) is 0 Å². The van der Waals surface area contributed by atoms with Gasteiger partial charge in [0.2, 0.25) is 12.0 Å². The fourth-order valence-electron chi connectivity index (χ4n) is 3.72. The second-order valence-electron chi connectivity index (χ2n) is 6.14. The number of anilines is 2. The van der Waals surface area contributed by atoms with Gasteiger partial charge in [-0.25, -0.2) is 13.6 Å². The Hall–Kier alpha value is -2.71. The van der Waals surface area contributed by atoms with Crippen LogP contribution in [0.25, 0.3) is 0 Å². The number of rotatable bonds is 1. The number of nitrogens with zero attached hydrogens (tertiary/aromatic N) is 2. The Bertz CT molecular complexity index is 810. The van der Waals surface area contributed by atoms with E-state index in [1.54, 1.807) is 0 Å². The first-order chi connectivity index (χ1) is 11.2. The lowest BCUT2D eigenvalue weighted by Gasteiger charge is -2.33. The molecular weight excluding hydrogens is 324 g/mol. The molecule has 0 aromatic heterocycles. The van der Waals surface area contributed by atoms with Crippen molar-refractivity contribution in [3.8, 4) is 0 Å². The summed E-state index contributed by atoms with van der Waals surface area (Å²) in [6, 6.07) is 2.13. The van der Waals surface area contributed by atoms with Gasteiger partial charge in [-0.15, -0.1) is 0 Å². The molecule has 0 aliphatic carbocycles. The molecule has 3 heterocycles. The molecule has 3 amide bonds. The summed E-state index contributed by atoms with van der Waals surface area (Å²) in [5.74, 6) is -4.84. The van der Waals surface area contributed by atoms with Gasteiger partial charge in [-0.3, -0.25) is 14.5 Å². The molecule has 9 heteroatoms. The molecular formula is C15H13F2N3O4.